The van der Waals surface area contributed by atoms with Gasteiger partial charge in [-0.3, -0.25) is 4.79 Å². The van der Waals surface area contributed by atoms with E-state index >= 15 is 0 Å². The first-order valence-corrected chi connectivity index (χ1v) is 5.96. The topological polar surface area (TPSA) is 82.0 Å². The van der Waals surface area contributed by atoms with E-state index in [1.807, 2.05) is 6.92 Å². The highest BCUT2D eigenvalue weighted by Gasteiger charge is 2.46. The van der Waals surface area contributed by atoms with Crippen LogP contribution in [0.3, 0.4) is 0 Å². The summed E-state index contributed by atoms with van der Waals surface area (Å²) in [5.41, 5.74) is -0.471. The van der Waals surface area contributed by atoms with Crippen molar-refractivity contribution in [3.05, 3.63) is 29.8 Å². The largest absolute Gasteiger partial charge is 0.507 e. The number of carbonyl (C=O) groups excluding carboxylic acids is 2. The third kappa shape index (κ3) is 2.29. The quantitative estimate of drug-likeness (QED) is 0.638. The third-order valence-electron chi connectivity index (χ3n) is 3.20. The Labute approximate surface area is 110 Å². The van der Waals surface area contributed by atoms with Gasteiger partial charge in [-0.1, -0.05) is 19.1 Å². The maximum atomic E-state index is 12.0. The van der Waals surface area contributed by atoms with E-state index in [4.69, 9.17) is 0 Å². The Hall–Kier alpha value is -2.37. The Balaban J connectivity index is 2.23. The van der Waals surface area contributed by atoms with Crippen molar-refractivity contribution in [3.8, 4) is 5.75 Å². The summed E-state index contributed by atoms with van der Waals surface area (Å²) >= 11 is 0. The summed E-state index contributed by atoms with van der Waals surface area (Å²) in [7, 11) is 0. The molecule has 6 heteroatoms. The van der Waals surface area contributed by atoms with Crippen molar-refractivity contribution in [2.75, 3.05) is 0 Å². The highest BCUT2D eigenvalue weighted by atomic mass is 16.3. The van der Waals surface area contributed by atoms with Gasteiger partial charge in [0.05, 0.1) is 6.21 Å². The molecule has 0 radical (unpaired) electrons. The molecule has 0 aliphatic carbocycles. The maximum Gasteiger partial charge on any atom is 0.346 e. The minimum Gasteiger partial charge on any atom is -0.507 e. The van der Waals surface area contributed by atoms with Crippen LogP contribution in [0.25, 0.3) is 0 Å². The van der Waals surface area contributed by atoms with Crippen molar-refractivity contribution in [2.45, 2.75) is 25.8 Å². The molecule has 3 amide bonds. The van der Waals surface area contributed by atoms with Gasteiger partial charge in [0.1, 0.15) is 11.3 Å². The fourth-order valence-corrected chi connectivity index (χ4v) is 1.73. The van der Waals surface area contributed by atoms with Crippen molar-refractivity contribution >= 4 is 18.2 Å². The number of imide groups is 1. The molecule has 0 bridgehead atoms. The van der Waals surface area contributed by atoms with Gasteiger partial charge in [0.25, 0.3) is 5.91 Å². The fourth-order valence-electron chi connectivity index (χ4n) is 1.73. The molecule has 1 saturated heterocycles. The van der Waals surface area contributed by atoms with E-state index in [0.717, 1.165) is 5.01 Å². The Morgan fingerprint density at radius 2 is 2.11 bits per heavy atom. The maximum absolute atomic E-state index is 12.0. The SMILES string of the molecule is CCC1(C)NC(=O)N(N=Cc2ccccc2O)C1=O. The molecule has 6 nitrogen and oxygen atoms in total. The normalized spacial score (nSPS) is 23.2. The third-order valence-corrected chi connectivity index (χ3v) is 3.20. The van der Waals surface area contributed by atoms with Gasteiger partial charge in [-0.2, -0.15) is 5.10 Å². The van der Waals surface area contributed by atoms with E-state index in [2.05, 4.69) is 10.4 Å². The van der Waals surface area contributed by atoms with Gasteiger partial charge < -0.3 is 10.4 Å². The van der Waals surface area contributed by atoms with E-state index < -0.39 is 17.5 Å². The summed E-state index contributed by atoms with van der Waals surface area (Å²) < 4.78 is 0. The van der Waals surface area contributed by atoms with Crippen LogP contribution in [-0.2, 0) is 4.79 Å². The monoisotopic (exact) mass is 261 g/mol. The van der Waals surface area contributed by atoms with Gasteiger partial charge in [-0.15, -0.1) is 5.01 Å². The molecule has 0 spiro atoms. The zero-order chi connectivity index (χ0) is 14.0. The van der Waals surface area contributed by atoms with Crippen molar-refractivity contribution in [3.63, 3.8) is 0 Å². The molecular weight excluding hydrogens is 246 g/mol. The van der Waals surface area contributed by atoms with Gasteiger partial charge >= 0.3 is 6.03 Å². The summed E-state index contributed by atoms with van der Waals surface area (Å²) in [5, 5.41) is 16.8. The number of phenolic OH excluding ortho intramolecular Hbond substituents is 1. The second-order valence-corrected chi connectivity index (χ2v) is 4.54. The van der Waals surface area contributed by atoms with Crippen LogP contribution >= 0.6 is 0 Å². The summed E-state index contributed by atoms with van der Waals surface area (Å²) in [6.45, 7) is 3.47. The predicted octanol–water partition coefficient (Wildman–Crippen LogP) is 1.45. The van der Waals surface area contributed by atoms with E-state index in [1.54, 1.807) is 25.1 Å². The van der Waals surface area contributed by atoms with Gasteiger partial charge in [0.15, 0.2) is 0 Å². The van der Waals surface area contributed by atoms with Gasteiger partial charge in [-0.25, -0.2) is 4.79 Å². The fraction of sp³-hybridized carbons (Fsp3) is 0.308. The number of nitrogens with zero attached hydrogens (tertiary/aromatic N) is 2. The molecule has 2 rings (SSSR count). The molecule has 1 aromatic rings. The minimum atomic E-state index is -0.910. The Bertz CT molecular complexity index is 556. The number of benzene rings is 1. The number of rotatable bonds is 3. The van der Waals surface area contributed by atoms with Crippen molar-refractivity contribution < 1.29 is 14.7 Å². The van der Waals surface area contributed by atoms with Crippen molar-refractivity contribution in [1.82, 2.24) is 10.3 Å². The van der Waals surface area contributed by atoms with Crippen LogP contribution < -0.4 is 5.32 Å². The van der Waals surface area contributed by atoms with Crippen LogP contribution in [-0.4, -0.2) is 33.8 Å². The number of para-hydroxylation sites is 1. The molecule has 1 atom stereocenters. The van der Waals surface area contributed by atoms with Crippen LogP contribution in [0.4, 0.5) is 4.79 Å². The lowest BCUT2D eigenvalue weighted by molar-refractivity contribution is -0.130. The molecule has 100 valence electrons. The summed E-state index contributed by atoms with van der Waals surface area (Å²) in [5.74, 6) is -0.358. The molecule has 2 N–H and O–H groups in total. The molecule has 1 unspecified atom stereocenters. The second kappa shape index (κ2) is 4.72. The van der Waals surface area contributed by atoms with Crippen LogP contribution in [0.1, 0.15) is 25.8 Å². The minimum absolute atomic E-state index is 0.0385. The number of amides is 3. The van der Waals surface area contributed by atoms with Crippen LogP contribution in [0, 0.1) is 0 Å². The summed E-state index contributed by atoms with van der Waals surface area (Å²) in [4.78, 5) is 23.7. The molecule has 19 heavy (non-hydrogen) atoms. The number of carbonyl (C=O) groups is 2. The number of hydrazone groups is 1. The first kappa shape index (κ1) is 13.1. The Morgan fingerprint density at radius 1 is 1.42 bits per heavy atom. The number of nitrogens with one attached hydrogen (secondary N) is 1. The molecule has 0 saturated carbocycles. The van der Waals surface area contributed by atoms with Crippen LogP contribution in [0.2, 0.25) is 0 Å². The number of phenols is 1. The lowest BCUT2D eigenvalue weighted by atomic mass is 10.00. The van der Waals surface area contributed by atoms with E-state index in [9.17, 15) is 14.7 Å². The average molecular weight is 261 g/mol. The lowest BCUT2D eigenvalue weighted by Crippen LogP contribution is -2.42. The highest BCUT2D eigenvalue weighted by Crippen LogP contribution is 2.21. The van der Waals surface area contributed by atoms with E-state index in [1.165, 1.54) is 12.3 Å². The molecular formula is C13H15N3O3. The first-order chi connectivity index (χ1) is 8.98. The summed E-state index contributed by atoms with van der Waals surface area (Å²) in [6.07, 6.45) is 1.77. The number of hydrogen-bond donors (Lipinski definition) is 2. The predicted molar refractivity (Wildman–Crippen MR) is 69.8 cm³/mol. The number of urea groups is 1. The molecule has 1 fully saturated rings. The molecule has 1 aromatic carbocycles. The van der Waals surface area contributed by atoms with Gasteiger partial charge in [0, 0.05) is 5.56 Å². The molecule has 0 aromatic heterocycles. The summed E-state index contributed by atoms with van der Waals surface area (Å²) in [6, 6.07) is 5.98. The van der Waals surface area contributed by atoms with Gasteiger partial charge in [-0.05, 0) is 25.5 Å². The van der Waals surface area contributed by atoms with Crippen molar-refractivity contribution in [2.24, 2.45) is 5.10 Å². The van der Waals surface area contributed by atoms with E-state index in [0.29, 0.717) is 12.0 Å². The van der Waals surface area contributed by atoms with Gasteiger partial charge in [0.2, 0.25) is 0 Å². The smallest absolute Gasteiger partial charge is 0.346 e. The number of hydrogen-bond acceptors (Lipinski definition) is 4. The van der Waals surface area contributed by atoms with Crippen LogP contribution in [0.15, 0.2) is 29.4 Å². The standard InChI is InChI=1S/C13H15N3O3/c1-3-13(2)11(18)16(12(19)15-13)14-8-9-6-4-5-7-10(9)17/h4-8,17H,3H2,1-2H3,(H,15,19). The van der Waals surface area contributed by atoms with Crippen LogP contribution in [0.5, 0.6) is 5.75 Å². The Morgan fingerprint density at radius 3 is 2.68 bits per heavy atom. The highest BCUT2D eigenvalue weighted by molar-refractivity contribution is 6.07. The first-order valence-electron chi connectivity index (χ1n) is 5.96. The van der Waals surface area contributed by atoms with Crippen molar-refractivity contribution in [1.29, 1.82) is 0 Å². The second-order valence-electron chi connectivity index (χ2n) is 4.54. The molecule has 1 aliphatic rings. The average Bonchev–Trinajstić information content (AvgIpc) is 2.61. The Kier molecular flexibility index (Phi) is 3.25. The zero-order valence-corrected chi connectivity index (χ0v) is 10.8. The zero-order valence-electron chi connectivity index (χ0n) is 10.8. The van der Waals surface area contributed by atoms with E-state index in [-0.39, 0.29) is 5.75 Å². The molecule has 1 aliphatic heterocycles. The number of aromatic hydroxyl groups is 1. The molecule has 1 heterocycles. The lowest BCUT2D eigenvalue weighted by Gasteiger charge is -2.17.